The van der Waals surface area contributed by atoms with Crippen molar-refractivity contribution in [1.29, 1.82) is 0 Å². The second kappa shape index (κ2) is 43.7. The summed E-state index contributed by atoms with van der Waals surface area (Å²) < 4.78 is 36.7. The average Bonchev–Trinajstić information content (AvgIpc) is 3.31. The van der Waals surface area contributed by atoms with Crippen molar-refractivity contribution in [3.05, 3.63) is 70.8 Å². The second-order valence-corrected chi connectivity index (χ2v) is 17.0. The third kappa shape index (κ3) is 32.2. The van der Waals surface area contributed by atoms with Crippen molar-refractivity contribution < 1.29 is 40.8 Å². The first kappa shape index (κ1) is 59.5. The van der Waals surface area contributed by atoms with Crippen LogP contribution in [0.25, 0.3) is 0 Å². The van der Waals surface area contributed by atoms with Crippen molar-refractivity contribution in [3.63, 3.8) is 0 Å². The number of methoxy groups -OCH3 is 4. The highest BCUT2D eigenvalue weighted by Gasteiger charge is 2.22. The van der Waals surface area contributed by atoms with Crippen molar-refractivity contribution in [2.45, 2.75) is 202 Å². The number of halogens is 1. The first-order valence-corrected chi connectivity index (χ1v) is 23.9. The van der Waals surface area contributed by atoms with Gasteiger partial charge in [-0.25, -0.2) is 0 Å². The van der Waals surface area contributed by atoms with E-state index in [4.69, 9.17) is 20.3 Å². The molecule has 2 fully saturated rings. The van der Waals surface area contributed by atoms with Gasteiger partial charge in [-0.2, -0.15) is 4.94 Å². The molecular weight excluding hydrogens is 780 g/mol. The number of benzene rings is 2. The van der Waals surface area contributed by atoms with Crippen molar-refractivity contribution in [2.75, 3.05) is 35.5 Å². The predicted octanol–water partition coefficient (Wildman–Crippen LogP) is 14.8. The van der Waals surface area contributed by atoms with Crippen LogP contribution in [0.5, 0.6) is 0 Å². The molecule has 8 heteroatoms. The molecular formula is C54H96FO7+. The Morgan fingerprint density at radius 3 is 1.18 bits per heavy atom. The molecule has 0 heterocycles. The standard InChI is InChI=1S/C14H28O2.C14H22O2.C12H22O.C12H16O.CH3FO.CH4/c2*1-4-5-12-6-8-13(9-7-12)10-11-14(15-2)16-3;2*1-2-4-11-6-8-12(9-7-11)5-3-10-13;1-3-2;/h12-14H,4-11H2,1-3H3;6-9,14H,4-5,10-11H2,1-3H3;10-12H,2-9H2,1H3;6-10H,2-5H2,1H3;1H3;1H4/p+1/i;;;;1T;. The lowest BCUT2D eigenvalue weighted by Crippen LogP contribution is -2.18. The molecule has 0 saturated heterocycles. The molecule has 0 radical (unpaired) electrons. The van der Waals surface area contributed by atoms with Crippen LogP contribution in [0.1, 0.15) is 189 Å². The van der Waals surface area contributed by atoms with Gasteiger partial charge in [-0.05, 0) is 95.4 Å². The van der Waals surface area contributed by atoms with Gasteiger partial charge >= 0.3 is 1.43 Å². The largest absolute Gasteiger partial charge is 1.00 e. The molecule has 0 N–H and O–H groups in total. The van der Waals surface area contributed by atoms with Gasteiger partial charge in [0, 0.05) is 47.7 Å². The van der Waals surface area contributed by atoms with Gasteiger partial charge in [-0.15, -0.1) is 0 Å². The van der Waals surface area contributed by atoms with E-state index in [-0.39, 0.29) is 21.4 Å². The Morgan fingerprint density at radius 1 is 0.532 bits per heavy atom. The molecule has 0 aliphatic heterocycles. The van der Waals surface area contributed by atoms with Gasteiger partial charge in [0.1, 0.15) is 12.6 Å². The van der Waals surface area contributed by atoms with Crippen LogP contribution in [-0.4, -0.2) is 60.7 Å². The van der Waals surface area contributed by atoms with Crippen molar-refractivity contribution >= 4 is 12.6 Å². The lowest BCUT2D eigenvalue weighted by atomic mass is 9.78. The van der Waals surface area contributed by atoms with Crippen LogP contribution in [-0.2, 0) is 59.2 Å². The Hall–Kier alpha value is -2.49. The number of hydrogen-bond donors (Lipinski definition) is 0. The molecule has 4 rings (SSSR count). The summed E-state index contributed by atoms with van der Waals surface area (Å²) in [4.78, 5) is 23.1. The first-order valence-electron chi connectivity index (χ1n) is 24.6. The SMILES string of the molecule is C.CCCC1CCC(CCC(OC)OC)CC1.CCCC1CCC(CCC=O)CC1.CCCc1ccc(CCC(OC)OC)cc1.CCCc1ccc(CCC=O)cc1.[3H]COF.[H+]. The minimum Gasteiger partial charge on any atom is -0.356 e. The maximum absolute atomic E-state index is 10.2. The number of aryl methyl sites for hydroxylation is 4. The van der Waals surface area contributed by atoms with Crippen molar-refractivity contribution in [3.8, 4) is 0 Å². The van der Waals surface area contributed by atoms with E-state index >= 15 is 0 Å². The smallest absolute Gasteiger partial charge is 0.356 e. The lowest BCUT2D eigenvalue weighted by Gasteiger charge is -2.29. The average molecular weight is 878 g/mol. The molecule has 2 saturated carbocycles. The van der Waals surface area contributed by atoms with E-state index in [0.717, 1.165) is 81.2 Å². The molecule has 0 unspecified atom stereocenters. The number of rotatable bonds is 24. The summed E-state index contributed by atoms with van der Waals surface area (Å²) in [5.74, 6) is 3.79. The highest BCUT2D eigenvalue weighted by Crippen LogP contribution is 2.35. The molecule has 0 amide bonds. The van der Waals surface area contributed by atoms with Crippen LogP contribution in [0.3, 0.4) is 0 Å². The van der Waals surface area contributed by atoms with E-state index in [2.05, 4.69) is 81.2 Å². The van der Waals surface area contributed by atoms with Gasteiger partial charge in [-0.1, -0.05) is 174 Å². The van der Waals surface area contributed by atoms with E-state index in [1.165, 1.54) is 125 Å². The molecule has 2 aliphatic carbocycles. The molecule has 2 aromatic carbocycles. The van der Waals surface area contributed by atoms with E-state index in [9.17, 15) is 14.1 Å². The summed E-state index contributed by atoms with van der Waals surface area (Å²) in [6.07, 6.45) is 31.2. The fourth-order valence-electron chi connectivity index (χ4n) is 8.61. The number of aldehydes is 2. The fourth-order valence-corrected chi connectivity index (χ4v) is 8.61. The quantitative estimate of drug-likeness (QED) is 0.0767. The molecule has 0 spiro atoms. The van der Waals surface area contributed by atoms with Crippen LogP contribution < -0.4 is 0 Å². The maximum Gasteiger partial charge on any atom is 1.00 e. The van der Waals surface area contributed by atoms with Crippen LogP contribution in [0.4, 0.5) is 4.53 Å². The molecule has 0 aromatic heterocycles. The number of carbonyl (C=O) groups excluding carboxylic acids is 2. The normalized spacial score (nSPS) is 18.2. The second-order valence-electron chi connectivity index (χ2n) is 17.0. The topological polar surface area (TPSA) is 80.3 Å². The first-order chi connectivity index (χ1) is 30.2. The summed E-state index contributed by atoms with van der Waals surface area (Å²) in [5, 5.41) is 0. The highest BCUT2D eigenvalue weighted by atomic mass is 19.3. The van der Waals surface area contributed by atoms with Crippen molar-refractivity contribution in [1.82, 2.24) is 0 Å². The summed E-state index contributed by atoms with van der Waals surface area (Å²) in [6, 6.07) is 17.4. The van der Waals surface area contributed by atoms with E-state index < -0.39 is 7.09 Å². The summed E-state index contributed by atoms with van der Waals surface area (Å²) in [5.41, 5.74) is 5.41. The van der Waals surface area contributed by atoms with Crippen LogP contribution in [0.15, 0.2) is 48.5 Å². The molecule has 0 atom stereocenters. The summed E-state index contributed by atoms with van der Waals surface area (Å²) >= 11 is 0. The van der Waals surface area contributed by atoms with Crippen LogP contribution >= 0.6 is 0 Å². The number of carbonyl (C=O) groups is 2. The van der Waals surface area contributed by atoms with Crippen LogP contribution in [0.2, 0.25) is 0 Å². The third-order valence-electron chi connectivity index (χ3n) is 12.2. The molecule has 360 valence electrons. The van der Waals surface area contributed by atoms with Crippen LogP contribution in [0, 0.1) is 23.7 Å². The zero-order chi connectivity index (χ0) is 46.1. The third-order valence-corrected chi connectivity index (χ3v) is 12.2. The van der Waals surface area contributed by atoms with E-state index in [1.807, 2.05) is 0 Å². The Morgan fingerprint density at radius 2 is 0.855 bits per heavy atom. The predicted molar refractivity (Wildman–Crippen MR) is 260 cm³/mol. The molecule has 0 bridgehead atoms. The summed E-state index contributed by atoms with van der Waals surface area (Å²) in [7, 11) is 6.22. The maximum atomic E-state index is 10.2. The Kier molecular flexibility index (Phi) is 42.0. The minimum atomic E-state index is -0.597. The van der Waals surface area contributed by atoms with Gasteiger partial charge in [0.05, 0.1) is 8.46 Å². The highest BCUT2D eigenvalue weighted by molar-refractivity contribution is 5.50. The van der Waals surface area contributed by atoms with Gasteiger partial charge in [0.2, 0.25) is 0 Å². The van der Waals surface area contributed by atoms with Gasteiger partial charge < -0.3 is 28.5 Å². The lowest BCUT2D eigenvalue weighted by molar-refractivity contribution is -0.109. The van der Waals surface area contributed by atoms with Gasteiger partial charge in [0.15, 0.2) is 12.6 Å². The molecule has 2 aliphatic rings. The molecule has 7 nitrogen and oxygen atoms in total. The molecule has 2 aromatic rings. The Labute approximate surface area is 384 Å². The zero-order valence-corrected chi connectivity index (χ0v) is 40.2. The fraction of sp³-hybridized carbons (Fsp3) is 0.741. The number of ether oxygens (including phenoxy) is 4. The zero-order valence-electron chi connectivity index (χ0n) is 42.2. The summed E-state index contributed by atoms with van der Waals surface area (Å²) in [6.45, 7) is 8.96. The Bertz CT molecular complexity index is 1240. The van der Waals surface area contributed by atoms with E-state index in [1.54, 1.807) is 28.4 Å². The van der Waals surface area contributed by atoms with Crippen molar-refractivity contribution in [2.24, 2.45) is 23.7 Å². The molecule has 62 heavy (non-hydrogen) atoms. The van der Waals surface area contributed by atoms with Gasteiger partial charge in [0.25, 0.3) is 0 Å². The number of hydrogen-bond acceptors (Lipinski definition) is 7. The monoisotopic (exact) mass is 878 g/mol. The van der Waals surface area contributed by atoms with Gasteiger partial charge in [-0.3, -0.25) is 0 Å². The minimum absolute atomic E-state index is 0. The Balaban J connectivity index is -0.000000748. The van der Waals surface area contributed by atoms with E-state index in [0.29, 0.717) is 6.42 Å².